The summed E-state index contributed by atoms with van der Waals surface area (Å²) >= 11 is 5.23. The number of nitro groups is 1. The number of nitrogens with zero attached hydrogens (tertiary/aromatic N) is 1. The van der Waals surface area contributed by atoms with E-state index in [1.807, 2.05) is 45.9 Å². The molecular formula is C23H29N3O5S. The molecule has 0 saturated heterocycles. The number of carbonyl (C=O) groups excluding carboxylic acids is 1. The normalized spacial score (nSPS) is 10.9. The highest BCUT2D eigenvalue weighted by Gasteiger charge is 2.28. The Morgan fingerprint density at radius 2 is 1.88 bits per heavy atom. The summed E-state index contributed by atoms with van der Waals surface area (Å²) in [6.07, 6.45) is 1.28. The fraction of sp³-hybridized carbons (Fsp3) is 0.391. The van der Waals surface area contributed by atoms with Crippen molar-refractivity contribution >= 4 is 34.6 Å². The lowest BCUT2D eigenvalue weighted by atomic mass is 9.87. The van der Waals surface area contributed by atoms with Crippen molar-refractivity contribution in [3.8, 4) is 11.5 Å². The molecule has 0 saturated carbocycles. The lowest BCUT2D eigenvalue weighted by Gasteiger charge is -2.24. The van der Waals surface area contributed by atoms with Gasteiger partial charge in [-0.05, 0) is 62.2 Å². The predicted octanol–water partition coefficient (Wildman–Crippen LogP) is 4.92. The molecule has 0 atom stereocenters. The number of aryl methyl sites for hydroxylation is 2. The maximum absolute atomic E-state index is 12.7. The van der Waals surface area contributed by atoms with Crippen LogP contribution in [-0.4, -0.2) is 29.7 Å². The highest BCUT2D eigenvalue weighted by atomic mass is 32.1. The van der Waals surface area contributed by atoms with Crippen LogP contribution in [0.4, 0.5) is 11.4 Å². The van der Waals surface area contributed by atoms with E-state index in [1.165, 1.54) is 25.3 Å². The molecule has 2 N–H and O–H groups in total. The molecule has 0 aliphatic rings. The molecular weight excluding hydrogens is 430 g/mol. The molecule has 8 nitrogen and oxygen atoms in total. The Kier molecular flexibility index (Phi) is 8.54. The van der Waals surface area contributed by atoms with E-state index in [9.17, 15) is 14.9 Å². The predicted molar refractivity (Wildman–Crippen MR) is 128 cm³/mol. The van der Waals surface area contributed by atoms with Crippen LogP contribution < -0.4 is 20.1 Å². The number of ether oxygens (including phenoxy) is 2. The first-order valence-electron chi connectivity index (χ1n) is 10.2. The Hall–Kier alpha value is -3.20. The molecule has 0 aromatic heterocycles. The number of carbonyl (C=O) groups is 1. The second-order valence-corrected chi connectivity index (χ2v) is 8.56. The van der Waals surface area contributed by atoms with Crippen LogP contribution in [0.5, 0.6) is 11.5 Å². The molecule has 0 heterocycles. The van der Waals surface area contributed by atoms with Crippen molar-refractivity contribution < 1.29 is 19.2 Å². The standard InChI is InChI=1S/C23H29N3O5S/c1-15-7-8-16(2)20(13-15)31-12-6-11-23(3,4)21(27)25-22(32)24-18-14-17(26(28)29)9-10-19(18)30-5/h7-10,13-14H,6,11-12H2,1-5H3,(H2,24,25,27,32). The molecule has 1 amide bonds. The number of hydrogen-bond donors (Lipinski definition) is 2. The van der Waals surface area contributed by atoms with Crippen molar-refractivity contribution in [2.24, 2.45) is 5.41 Å². The number of amides is 1. The molecule has 2 rings (SSSR count). The Labute approximate surface area is 193 Å². The van der Waals surface area contributed by atoms with E-state index in [1.54, 1.807) is 0 Å². The first kappa shape index (κ1) is 25.1. The quantitative estimate of drug-likeness (QED) is 0.237. The molecule has 0 aliphatic carbocycles. The van der Waals surface area contributed by atoms with Crippen molar-refractivity contribution in [3.05, 3.63) is 57.6 Å². The highest BCUT2D eigenvalue weighted by Crippen LogP contribution is 2.29. The van der Waals surface area contributed by atoms with Crippen LogP contribution in [0.15, 0.2) is 36.4 Å². The summed E-state index contributed by atoms with van der Waals surface area (Å²) < 4.78 is 11.1. The summed E-state index contributed by atoms with van der Waals surface area (Å²) in [6.45, 7) is 8.17. The molecule has 0 fully saturated rings. The number of hydrogen-bond acceptors (Lipinski definition) is 6. The second-order valence-electron chi connectivity index (χ2n) is 8.15. The van der Waals surface area contributed by atoms with Crippen LogP contribution in [0.1, 0.15) is 37.8 Å². The van der Waals surface area contributed by atoms with E-state index in [4.69, 9.17) is 21.7 Å². The third-order valence-corrected chi connectivity index (χ3v) is 5.24. The summed E-state index contributed by atoms with van der Waals surface area (Å²) in [5.74, 6) is 0.963. The average molecular weight is 460 g/mol. The fourth-order valence-corrected chi connectivity index (χ4v) is 3.21. The number of anilines is 1. The van der Waals surface area contributed by atoms with Gasteiger partial charge in [0, 0.05) is 17.5 Å². The number of nitrogens with one attached hydrogen (secondary N) is 2. The largest absolute Gasteiger partial charge is 0.495 e. The van der Waals surface area contributed by atoms with Gasteiger partial charge in [0.25, 0.3) is 5.69 Å². The minimum absolute atomic E-state index is 0.0357. The zero-order valence-electron chi connectivity index (χ0n) is 19.0. The summed E-state index contributed by atoms with van der Waals surface area (Å²) in [5.41, 5.74) is 1.69. The van der Waals surface area contributed by atoms with Crippen LogP contribution in [-0.2, 0) is 4.79 Å². The van der Waals surface area contributed by atoms with Crippen LogP contribution in [0, 0.1) is 29.4 Å². The molecule has 9 heteroatoms. The molecule has 172 valence electrons. The van der Waals surface area contributed by atoms with Crippen LogP contribution in [0.2, 0.25) is 0 Å². The Morgan fingerprint density at radius 1 is 1.16 bits per heavy atom. The van der Waals surface area contributed by atoms with Gasteiger partial charge in [-0.2, -0.15) is 0 Å². The van der Waals surface area contributed by atoms with Gasteiger partial charge in [0.05, 0.1) is 24.3 Å². The fourth-order valence-electron chi connectivity index (χ4n) is 3.01. The maximum atomic E-state index is 12.7. The van der Waals surface area contributed by atoms with Crippen molar-refractivity contribution in [2.75, 3.05) is 19.0 Å². The Balaban J connectivity index is 1.90. The van der Waals surface area contributed by atoms with Gasteiger partial charge in [0.1, 0.15) is 11.5 Å². The number of nitro benzene ring substituents is 1. The smallest absolute Gasteiger partial charge is 0.271 e. The van der Waals surface area contributed by atoms with E-state index in [2.05, 4.69) is 10.6 Å². The molecule has 2 aromatic rings. The van der Waals surface area contributed by atoms with Crippen molar-refractivity contribution in [2.45, 2.75) is 40.5 Å². The second kappa shape index (κ2) is 10.9. The lowest BCUT2D eigenvalue weighted by Crippen LogP contribution is -2.42. The van der Waals surface area contributed by atoms with E-state index in [0.29, 0.717) is 30.9 Å². The van der Waals surface area contributed by atoms with Crippen LogP contribution in [0.25, 0.3) is 0 Å². The van der Waals surface area contributed by atoms with Crippen LogP contribution in [0.3, 0.4) is 0 Å². The summed E-state index contributed by atoms with van der Waals surface area (Å²) in [5, 5.41) is 16.5. The maximum Gasteiger partial charge on any atom is 0.271 e. The van der Waals surface area contributed by atoms with E-state index in [0.717, 1.165) is 16.9 Å². The average Bonchev–Trinajstić information content (AvgIpc) is 2.73. The number of methoxy groups -OCH3 is 1. The molecule has 32 heavy (non-hydrogen) atoms. The Morgan fingerprint density at radius 3 is 2.53 bits per heavy atom. The SMILES string of the molecule is COc1ccc([N+](=O)[O-])cc1NC(=S)NC(=O)C(C)(C)CCCOc1cc(C)ccc1C. The number of thiocarbonyl (C=S) groups is 1. The first-order chi connectivity index (χ1) is 15.0. The van der Waals surface area contributed by atoms with Gasteiger partial charge in [-0.1, -0.05) is 26.0 Å². The van der Waals surface area contributed by atoms with Gasteiger partial charge in [-0.25, -0.2) is 0 Å². The minimum Gasteiger partial charge on any atom is -0.495 e. The molecule has 0 bridgehead atoms. The van der Waals surface area contributed by atoms with Gasteiger partial charge in [-0.3, -0.25) is 14.9 Å². The summed E-state index contributed by atoms with van der Waals surface area (Å²) in [4.78, 5) is 23.2. The van der Waals surface area contributed by atoms with Crippen molar-refractivity contribution in [3.63, 3.8) is 0 Å². The highest BCUT2D eigenvalue weighted by molar-refractivity contribution is 7.80. The monoisotopic (exact) mass is 459 g/mol. The van der Waals surface area contributed by atoms with Gasteiger partial charge < -0.3 is 20.1 Å². The summed E-state index contributed by atoms with van der Waals surface area (Å²) in [7, 11) is 1.44. The molecule has 0 unspecified atom stereocenters. The zero-order chi connectivity index (χ0) is 23.9. The number of rotatable bonds is 9. The third kappa shape index (κ3) is 6.91. The summed E-state index contributed by atoms with van der Waals surface area (Å²) in [6, 6.07) is 10.1. The lowest BCUT2D eigenvalue weighted by molar-refractivity contribution is -0.384. The zero-order valence-corrected chi connectivity index (χ0v) is 19.8. The minimum atomic E-state index is -0.691. The first-order valence-corrected chi connectivity index (χ1v) is 10.6. The van der Waals surface area contributed by atoms with Gasteiger partial charge in [-0.15, -0.1) is 0 Å². The molecule has 0 spiro atoms. The van der Waals surface area contributed by atoms with E-state index < -0.39 is 10.3 Å². The molecule has 0 radical (unpaired) electrons. The third-order valence-electron chi connectivity index (χ3n) is 5.03. The van der Waals surface area contributed by atoms with Gasteiger partial charge in [0.2, 0.25) is 5.91 Å². The van der Waals surface area contributed by atoms with E-state index in [-0.39, 0.29) is 16.7 Å². The molecule has 0 aliphatic heterocycles. The van der Waals surface area contributed by atoms with Gasteiger partial charge >= 0.3 is 0 Å². The number of non-ortho nitro benzene ring substituents is 1. The van der Waals surface area contributed by atoms with E-state index >= 15 is 0 Å². The topological polar surface area (TPSA) is 103 Å². The van der Waals surface area contributed by atoms with Gasteiger partial charge in [0.15, 0.2) is 5.11 Å². The molecule has 2 aromatic carbocycles. The van der Waals surface area contributed by atoms with Crippen molar-refractivity contribution in [1.29, 1.82) is 0 Å². The Bertz CT molecular complexity index is 1010. The number of benzene rings is 2. The van der Waals surface area contributed by atoms with Crippen molar-refractivity contribution in [1.82, 2.24) is 5.32 Å². The van der Waals surface area contributed by atoms with Crippen LogP contribution >= 0.6 is 12.2 Å².